The van der Waals surface area contributed by atoms with Crippen molar-refractivity contribution in [1.82, 2.24) is 26.6 Å². The zero-order valence-electron chi connectivity index (χ0n) is 22.4. The van der Waals surface area contributed by atoms with Gasteiger partial charge in [-0.3, -0.25) is 26.1 Å². The number of nitrogens with one attached hydrogen (secondary N) is 5. The lowest BCUT2D eigenvalue weighted by atomic mass is 9.85. The van der Waals surface area contributed by atoms with Crippen LogP contribution in [0.3, 0.4) is 0 Å². The van der Waals surface area contributed by atoms with E-state index in [1.165, 1.54) is 49.2 Å². The van der Waals surface area contributed by atoms with E-state index < -0.39 is 0 Å². The third kappa shape index (κ3) is 8.98. The van der Waals surface area contributed by atoms with Crippen molar-refractivity contribution in [2.24, 2.45) is 11.8 Å². The second-order valence-corrected chi connectivity index (χ2v) is 13.6. The predicted octanol–water partition coefficient (Wildman–Crippen LogP) is 4.78. The Morgan fingerprint density at radius 2 is 2.00 bits per heavy atom. The molecule has 0 aromatic carbocycles. The number of unbranched alkanes of at least 4 members (excludes halogenated alkanes) is 2. The molecule has 3 fully saturated rings. The Bertz CT molecular complexity index is 763. The van der Waals surface area contributed by atoms with Crippen molar-refractivity contribution in [3.05, 3.63) is 22.4 Å². The first kappa shape index (κ1) is 28.4. The summed E-state index contributed by atoms with van der Waals surface area (Å²) in [4.78, 5) is 14.0. The van der Waals surface area contributed by atoms with Gasteiger partial charge in [-0.15, -0.1) is 11.3 Å². The summed E-state index contributed by atoms with van der Waals surface area (Å²) in [5.74, 6) is 2.49. The Labute approximate surface area is 227 Å². The molecule has 1 aromatic heterocycles. The van der Waals surface area contributed by atoms with E-state index in [4.69, 9.17) is 0 Å². The van der Waals surface area contributed by atoms with Crippen LogP contribution in [0.4, 0.5) is 0 Å². The van der Waals surface area contributed by atoms with Crippen LogP contribution in [-0.4, -0.2) is 48.0 Å². The molecule has 2 heterocycles. The van der Waals surface area contributed by atoms with E-state index in [0.717, 1.165) is 49.8 Å². The van der Waals surface area contributed by atoms with Gasteiger partial charge < -0.3 is 5.32 Å². The number of amides is 1. The fourth-order valence-electron chi connectivity index (χ4n) is 6.04. The molecule has 0 radical (unpaired) electrons. The fourth-order valence-corrected chi connectivity index (χ4v) is 8.19. The molecule has 1 saturated heterocycles. The van der Waals surface area contributed by atoms with Gasteiger partial charge in [0, 0.05) is 34.7 Å². The highest BCUT2D eigenvalue weighted by Crippen LogP contribution is 2.34. The second kappa shape index (κ2) is 15.1. The van der Waals surface area contributed by atoms with Crippen molar-refractivity contribution < 1.29 is 4.79 Å². The maximum absolute atomic E-state index is 12.8. The van der Waals surface area contributed by atoms with Crippen LogP contribution in [0, 0.1) is 11.8 Å². The van der Waals surface area contributed by atoms with Crippen LogP contribution in [0.25, 0.3) is 0 Å². The zero-order valence-corrected chi connectivity index (χ0v) is 24.0. The number of thioether (sulfide) groups is 1. The number of carbonyl (C=O) groups excluding carboxylic acids is 1. The highest BCUT2D eigenvalue weighted by molar-refractivity contribution is 7.99. The summed E-state index contributed by atoms with van der Waals surface area (Å²) in [5.41, 5.74) is 0. The molecular formula is C28H49N5OS2. The average molecular weight is 536 g/mol. The molecule has 3 aliphatic rings. The molecule has 5 N–H and O–H groups in total. The molecule has 1 aromatic rings. The van der Waals surface area contributed by atoms with E-state index in [1.807, 2.05) is 6.07 Å². The predicted molar refractivity (Wildman–Crippen MR) is 154 cm³/mol. The first-order chi connectivity index (χ1) is 17.6. The van der Waals surface area contributed by atoms with Crippen molar-refractivity contribution in [3.63, 3.8) is 0 Å². The molecule has 1 amide bonds. The van der Waals surface area contributed by atoms with Crippen molar-refractivity contribution in [2.45, 2.75) is 121 Å². The summed E-state index contributed by atoms with van der Waals surface area (Å²) in [6.07, 6.45) is 13.7. The van der Waals surface area contributed by atoms with E-state index >= 15 is 0 Å². The van der Waals surface area contributed by atoms with Gasteiger partial charge in [0.2, 0.25) is 5.91 Å². The molecule has 6 nitrogen and oxygen atoms in total. The average Bonchev–Trinajstić information content (AvgIpc) is 3.41. The van der Waals surface area contributed by atoms with Crippen molar-refractivity contribution >= 4 is 29.0 Å². The Morgan fingerprint density at radius 1 is 1.11 bits per heavy atom. The topological polar surface area (TPSA) is 77.2 Å². The smallest absolute Gasteiger partial charge is 0.223 e. The molecule has 1 aliphatic heterocycles. The minimum absolute atomic E-state index is 0.107. The van der Waals surface area contributed by atoms with E-state index in [9.17, 15) is 4.79 Å². The fraction of sp³-hybridized carbons (Fsp3) is 0.821. The first-order valence-corrected chi connectivity index (χ1v) is 16.5. The molecule has 2 saturated carbocycles. The van der Waals surface area contributed by atoms with Gasteiger partial charge in [-0.1, -0.05) is 39.2 Å². The molecule has 7 atom stereocenters. The van der Waals surface area contributed by atoms with E-state index in [-0.39, 0.29) is 18.1 Å². The van der Waals surface area contributed by atoms with Crippen LogP contribution in [0.15, 0.2) is 17.5 Å². The number of hydrogen-bond donors (Lipinski definition) is 5. The summed E-state index contributed by atoms with van der Waals surface area (Å²) in [6, 6.07) is 5.12. The quantitative estimate of drug-likeness (QED) is 0.248. The summed E-state index contributed by atoms with van der Waals surface area (Å²) >= 11 is 3.93. The third-order valence-electron chi connectivity index (χ3n) is 8.25. The SMILES string of the molecule is CCCCCSC1CC(NC2CCNC(NC3CCCC(C(=O)NCc4cccs4)C3)N2)CCC1C. The number of carbonyl (C=O) groups is 1. The second-order valence-electron chi connectivity index (χ2n) is 11.2. The monoisotopic (exact) mass is 535 g/mol. The van der Waals surface area contributed by atoms with Crippen molar-refractivity contribution in [3.8, 4) is 0 Å². The summed E-state index contributed by atoms with van der Waals surface area (Å²) in [7, 11) is 0. The van der Waals surface area contributed by atoms with Gasteiger partial charge in [0.25, 0.3) is 0 Å². The van der Waals surface area contributed by atoms with Gasteiger partial charge in [-0.2, -0.15) is 11.8 Å². The molecule has 0 spiro atoms. The van der Waals surface area contributed by atoms with Crippen LogP contribution in [-0.2, 0) is 11.3 Å². The molecule has 2 aliphatic carbocycles. The summed E-state index contributed by atoms with van der Waals surface area (Å²) in [5, 5.41) is 21.2. The highest BCUT2D eigenvalue weighted by atomic mass is 32.2. The molecule has 36 heavy (non-hydrogen) atoms. The van der Waals surface area contributed by atoms with Crippen LogP contribution in [0.2, 0.25) is 0 Å². The van der Waals surface area contributed by atoms with Gasteiger partial charge in [0.15, 0.2) is 0 Å². The van der Waals surface area contributed by atoms with Crippen molar-refractivity contribution in [2.75, 3.05) is 12.3 Å². The number of thiophene rings is 1. The largest absolute Gasteiger partial charge is 0.351 e. The molecule has 8 heteroatoms. The van der Waals surface area contributed by atoms with Crippen molar-refractivity contribution in [1.29, 1.82) is 0 Å². The van der Waals surface area contributed by atoms with Gasteiger partial charge in [0.1, 0.15) is 6.29 Å². The lowest BCUT2D eigenvalue weighted by Gasteiger charge is -2.41. The minimum atomic E-state index is 0.107. The van der Waals surface area contributed by atoms with Gasteiger partial charge in [-0.05, 0) is 74.5 Å². The molecule has 0 bridgehead atoms. The van der Waals surface area contributed by atoms with Gasteiger partial charge in [0.05, 0.1) is 12.7 Å². The van der Waals surface area contributed by atoms with Crippen LogP contribution >= 0.6 is 23.1 Å². The Kier molecular flexibility index (Phi) is 11.9. The van der Waals surface area contributed by atoms with E-state index in [2.05, 4.69) is 63.6 Å². The van der Waals surface area contributed by atoms with E-state index in [0.29, 0.717) is 24.8 Å². The standard InChI is InChI=1S/C28H49N5OS2/c1-3-4-5-15-36-25-18-23(12-11-20(25)2)31-26-13-14-29-28(33-26)32-22-9-6-8-21(17-22)27(34)30-19-24-10-7-16-35-24/h7,10,16,20-23,25-26,28-29,31-33H,3-6,8-9,11-15,17-19H2,1-2H3,(H,30,34). The summed E-state index contributed by atoms with van der Waals surface area (Å²) in [6.45, 7) is 6.41. The lowest BCUT2D eigenvalue weighted by molar-refractivity contribution is -0.126. The molecular weight excluding hydrogens is 486 g/mol. The van der Waals surface area contributed by atoms with Crippen LogP contribution in [0.1, 0.15) is 89.4 Å². The van der Waals surface area contributed by atoms with E-state index in [1.54, 1.807) is 11.3 Å². The maximum Gasteiger partial charge on any atom is 0.223 e. The third-order valence-corrected chi connectivity index (χ3v) is 10.7. The molecule has 204 valence electrons. The maximum atomic E-state index is 12.8. The highest BCUT2D eigenvalue weighted by Gasteiger charge is 2.32. The number of hydrogen-bond acceptors (Lipinski definition) is 7. The normalized spacial score (nSPS) is 33.3. The Hall–Kier alpha value is -0.640. The van der Waals surface area contributed by atoms with Gasteiger partial charge in [-0.25, -0.2) is 0 Å². The first-order valence-electron chi connectivity index (χ1n) is 14.5. The summed E-state index contributed by atoms with van der Waals surface area (Å²) < 4.78 is 0. The van der Waals surface area contributed by atoms with Crippen LogP contribution < -0.4 is 26.6 Å². The Balaban J connectivity index is 1.18. The zero-order chi connectivity index (χ0) is 25.2. The lowest BCUT2D eigenvalue weighted by Crippen LogP contribution is -2.67. The van der Waals surface area contributed by atoms with Crippen LogP contribution in [0.5, 0.6) is 0 Å². The Morgan fingerprint density at radius 3 is 2.83 bits per heavy atom. The molecule has 7 unspecified atom stereocenters. The molecule has 4 rings (SSSR count). The minimum Gasteiger partial charge on any atom is -0.351 e. The number of rotatable bonds is 12. The van der Waals surface area contributed by atoms with Gasteiger partial charge >= 0.3 is 0 Å².